The number of hydrogen-bond acceptors (Lipinski definition) is 6. The van der Waals surface area contributed by atoms with Gasteiger partial charge in [0.05, 0.1) is 23.7 Å². The van der Waals surface area contributed by atoms with Crippen molar-refractivity contribution in [3.05, 3.63) is 57.8 Å². The Morgan fingerprint density at radius 3 is 2.65 bits per heavy atom. The number of nitriles is 1. The summed E-state index contributed by atoms with van der Waals surface area (Å²) in [5.74, 6) is 0.176. The van der Waals surface area contributed by atoms with Gasteiger partial charge < -0.3 is 14.1 Å². The van der Waals surface area contributed by atoms with Gasteiger partial charge in [0.2, 0.25) is 0 Å². The van der Waals surface area contributed by atoms with Gasteiger partial charge in [-0.2, -0.15) is 5.26 Å². The summed E-state index contributed by atoms with van der Waals surface area (Å²) in [7, 11) is 0. The Labute approximate surface area is 149 Å². The minimum atomic E-state index is -0.490. The predicted octanol–water partition coefficient (Wildman–Crippen LogP) is 2.62. The number of nitro benzene ring substituents is 1. The maximum absolute atomic E-state index is 12.4. The fourth-order valence-electron chi connectivity index (χ4n) is 2.64. The SMILES string of the molecule is N#C/C(=C\c1ccc(-c2ccccc2[N+](=O)[O-])o1)C(=O)N1CCOCC1. The molecule has 0 spiro atoms. The van der Waals surface area contributed by atoms with Gasteiger partial charge in [-0.3, -0.25) is 14.9 Å². The highest BCUT2D eigenvalue weighted by molar-refractivity contribution is 6.01. The molecule has 8 nitrogen and oxygen atoms in total. The van der Waals surface area contributed by atoms with Crippen molar-refractivity contribution >= 4 is 17.7 Å². The molecule has 2 aromatic rings. The van der Waals surface area contributed by atoms with E-state index in [1.807, 2.05) is 6.07 Å². The summed E-state index contributed by atoms with van der Waals surface area (Å²) in [6.45, 7) is 1.73. The molecule has 1 fully saturated rings. The number of carbonyl (C=O) groups is 1. The predicted molar refractivity (Wildman–Crippen MR) is 91.8 cm³/mol. The van der Waals surface area contributed by atoms with E-state index >= 15 is 0 Å². The molecule has 3 rings (SSSR count). The number of rotatable bonds is 4. The van der Waals surface area contributed by atoms with Crippen molar-refractivity contribution in [2.75, 3.05) is 26.3 Å². The van der Waals surface area contributed by atoms with Crippen LogP contribution in [0.5, 0.6) is 0 Å². The second kappa shape index (κ2) is 7.63. The zero-order valence-electron chi connectivity index (χ0n) is 13.8. The van der Waals surface area contributed by atoms with Gasteiger partial charge in [-0.1, -0.05) is 12.1 Å². The average molecular weight is 353 g/mol. The summed E-state index contributed by atoms with van der Waals surface area (Å²) in [5, 5.41) is 20.4. The summed E-state index contributed by atoms with van der Waals surface area (Å²) >= 11 is 0. The lowest BCUT2D eigenvalue weighted by atomic mass is 10.1. The van der Waals surface area contributed by atoms with Gasteiger partial charge in [0.25, 0.3) is 11.6 Å². The fourth-order valence-corrected chi connectivity index (χ4v) is 2.64. The molecule has 0 N–H and O–H groups in total. The first-order chi connectivity index (χ1) is 12.6. The highest BCUT2D eigenvalue weighted by Gasteiger charge is 2.21. The number of benzene rings is 1. The Morgan fingerprint density at radius 2 is 1.96 bits per heavy atom. The number of hydrogen-bond donors (Lipinski definition) is 0. The van der Waals surface area contributed by atoms with Crippen LogP contribution in [0.25, 0.3) is 17.4 Å². The molecule has 1 aliphatic heterocycles. The number of nitrogens with zero attached hydrogens (tertiary/aromatic N) is 3. The second-order valence-electron chi connectivity index (χ2n) is 5.55. The van der Waals surface area contributed by atoms with Crippen LogP contribution in [-0.2, 0) is 9.53 Å². The molecular weight excluding hydrogens is 338 g/mol. The molecule has 1 aromatic carbocycles. The van der Waals surface area contributed by atoms with Crippen LogP contribution < -0.4 is 0 Å². The summed E-state index contributed by atoms with van der Waals surface area (Å²) in [4.78, 5) is 24.6. The fraction of sp³-hybridized carbons (Fsp3) is 0.222. The molecule has 1 saturated heterocycles. The third-order valence-electron chi connectivity index (χ3n) is 3.93. The molecule has 1 aromatic heterocycles. The van der Waals surface area contributed by atoms with E-state index < -0.39 is 4.92 Å². The van der Waals surface area contributed by atoms with Crippen LogP contribution in [-0.4, -0.2) is 42.0 Å². The third-order valence-corrected chi connectivity index (χ3v) is 3.93. The monoisotopic (exact) mass is 353 g/mol. The molecule has 132 valence electrons. The van der Waals surface area contributed by atoms with Crippen LogP contribution in [0.2, 0.25) is 0 Å². The first-order valence-electron chi connectivity index (χ1n) is 7.92. The van der Waals surface area contributed by atoms with Crippen molar-refractivity contribution in [1.29, 1.82) is 5.26 Å². The van der Waals surface area contributed by atoms with Crippen LogP contribution in [0.1, 0.15) is 5.76 Å². The minimum Gasteiger partial charge on any atom is -0.456 e. The van der Waals surface area contributed by atoms with Crippen molar-refractivity contribution in [3.63, 3.8) is 0 Å². The Morgan fingerprint density at radius 1 is 1.23 bits per heavy atom. The van der Waals surface area contributed by atoms with E-state index in [1.165, 1.54) is 12.1 Å². The van der Waals surface area contributed by atoms with Crippen LogP contribution in [0.3, 0.4) is 0 Å². The zero-order chi connectivity index (χ0) is 18.5. The number of morpholine rings is 1. The number of para-hydroxylation sites is 1. The molecule has 0 unspecified atom stereocenters. The molecule has 0 saturated carbocycles. The van der Waals surface area contributed by atoms with E-state index in [0.29, 0.717) is 37.6 Å². The first-order valence-corrected chi connectivity index (χ1v) is 7.92. The minimum absolute atomic E-state index is 0.0599. The summed E-state index contributed by atoms with van der Waals surface area (Å²) < 4.78 is 10.8. The number of ether oxygens (including phenoxy) is 1. The van der Waals surface area contributed by atoms with Crippen molar-refractivity contribution in [2.24, 2.45) is 0 Å². The van der Waals surface area contributed by atoms with Gasteiger partial charge in [-0.05, 0) is 18.2 Å². The van der Waals surface area contributed by atoms with Gasteiger partial charge in [-0.15, -0.1) is 0 Å². The van der Waals surface area contributed by atoms with Gasteiger partial charge in [0, 0.05) is 25.2 Å². The van der Waals surface area contributed by atoms with E-state index in [2.05, 4.69) is 0 Å². The molecule has 1 amide bonds. The second-order valence-corrected chi connectivity index (χ2v) is 5.55. The van der Waals surface area contributed by atoms with E-state index in [1.54, 1.807) is 35.2 Å². The maximum atomic E-state index is 12.4. The summed E-state index contributed by atoms with van der Waals surface area (Å²) in [6, 6.07) is 11.2. The topological polar surface area (TPSA) is 110 Å². The van der Waals surface area contributed by atoms with E-state index in [0.717, 1.165) is 0 Å². The molecule has 0 aliphatic carbocycles. The number of nitro groups is 1. The Hall–Kier alpha value is -3.44. The third kappa shape index (κ3) is 3.63. The van der Waals surface area contributed by atoms with Crippen LogP contribution in [0, 0.1) is 21.4 Å². The highest BCUT2D eigenvalue weighted by Crippen LogP contribution is 2.31. The van der Waals surface area contributed by atoms with Crippen LogP contribution in [0.15, 0.2) is 46.4 Å². The molecule has 26 heavy (non-hydrogen) atoms. The van der Waals surface area contributed by atoms with Gasteiger partial charge in [-0.25, -0.2) is 0 Å². The average Bonchev–Trinajstić information content (AvgIpc) is 3.14. The lowest BCUT2D eigenvalue weighted by Gasteiger charge is -2.26. The van der Waals surface area contributed by atoms with E-state index in [9.17, 15) is 20.2 Å². The maximum Gasteiger partial charge on any atom is 0.280 e. The first kappa shape index (κ1) is 17.4. The van der Waals surface area contributed by atoms with Crippen molar-refractivity contribution in [3.8, 4) is 17.4 Å². The molecule has 0 radical (unpaired) electrons. The summed E-state index contributed by atoms with van der Waals surface area (Å²) in [6.07, 6.45) is 1.34. The number of furan rings is 1. The van der Waals surface area contributed by atoms with E-state index in [4.69, 9.17) is 9.15 Å². The standard InChI is InChI=1S/C18H15N3O5/c19-12-13(18(22)20-7-9-25-10-8-20)11-14-5-6-17(26-14)15-3-1-2-4-16(15)21(23)24/h1-6,11H,7-10H2/b13-11+. The zero-order valence-corrected chi connectivity index (χ0v) is 13.8. The van der Waals surface area contributed by atoms with Gasteiger partial charge in [0.15, 0.2) is 0 Å². The Balaban J connectivity index is 1.87. The lowest BCUT2D eigenvalue weighted by molar-refractivity contribution is -0.384. The van der Waals surface area contributed by atoms with Crippen molar-refractivity contribution in [2.45, 2.75) is 0 Å². The molecule has 8 heteroatoms. The van der Waals surface area contributed by atoms with Crippen molar-refractivity contribution < 1.29 is 18.9 Å². The smallest absolute Gasteiger partial charge is 0.280 e. The normalized spacial score (nSPS) is 14.7. The molecular formula is C18H15N3O5. The van der Waals surface area contributed by atoms with Gasteiger partial charge >= 0.3 is 0 Å². The molecule has 0 bridgehead atoms. The van der Waals surface area contributed by atoms with Crippen LogP contribution >= 0.6 is 0 Å². The Bertz CT molecular complexity index is 904. The largest absolute Gasteiger partial charge is 0.456 e. The molecule has 2 heterocycles. The quantitative estimate of drug-likeness (QED) is 0.362. The van der Waals surface area contributed by atoms with Gasteiger partial charge in [0.1, 0.15) is 23.2 Å². The lowest BCUT2D eigenvalue weighted by Crippen LogP contribution is -2.41. The number of carbonyl (C=O) groups excluding carboxylic acids is 1. The Kier molecular flexibility index (Phi) is 5.10. The highest BCUT2D eigenvalue weighted by atomic mass is 16.6. The van der Waals surface area contributed by atoms with E-state index in [-0.39, 0.29) is 22.9 Å². The molecule has 0 atom stereocenters. The van der Waals surface area contributed by atoms with Crippen LogP contribution in [0.4, 0.5) is 5.69 Å². The molecule has 1 aliphatic rings. The number of amides is 1. The van der Waals surface area contributed by atoms with Crippen molar-refractivity contribution in [1.82, 2.24) is 4.90 Å². The summed E-state index contributed by atoms with van der Waals surface area (Å²) in [5.41, 5.74) is 0.188.